The van der Waals surface area contributed by atoms with Gasteiger partial charge in [-0.2, -0.15) is 0 Å². The number of ether oxygens (including phenoxy) is 1. The van der Waals surface area contributed by atoms with Gasteiger partial charge in [-0.15, -0.1) is 0 Å². The number of nitrogens with zero attached hydrogens (tertiary/aromatic N) is 1. The number of nitrogens with one attached hydrogen (secondary N) is 1. The Labute approximate surface area is 160 Å². The summed E-state index contributed by atoms with van der Waals surface area (Å²) in [5.41, 5.74) is 3.15. The molecule has 0 bridgehead atoms. The smallest absolute Gasteiger partial charge is 0.265 e. The molecule has 1 aliphatic heterocycles. The third-order valence-electron chi connectivity index (χ3n) is 4.62. The van der Waals surface area contributed by atoms with Crippen molar-refractivity contribution in [3.63, 3.8) is 0 Å². The minimum Gasteiger partial charge on any atom is -0.383 e. The van der Waals surface area contributed by atoms with E-state index in [1.54, 1.807) is 25.3 Å². The third kappa shape index (κ3) is 3.70. The molecule has 2 aromatic carbocycles. The van der Waals surface area contributed by atoms with Crippen LogP contribution in [0.3, 0.4) is 0 Å². The Morgan fingerprint density at radius 2 is 1.89 bits per heavy atom. The number of benzene rings is 2. The van der Waals surface area contributed by atoms with E-state index in [2.05, 4.69) is 19.2 Å². The van der Waals surface area contributed by atoms with Crippen molar-refractivity contribution in [2.45, 2.75) is 24.7 Å². The highest BCUT2D eigenvalue weighted by atomic mass is 32.2. The van der Waals surface area contributed by atoms with Crippen LogP contribution in [0.4, 0.5) is 5.69 Å². The Morgan fingerprint density at radius 3 is 2.59 bits per heavy atom. The molecule has 7 heteroatoms. The van der Waals surface area contributed by atoms with E-state index in [4.69, 9.17) is 4.74 Å². The number of methoxy groups -OCH3 is 1. The van der Waals surface area contributed by atoms with Crippen molar-refractivity contribution in [3.8, 4) is 11.1 Å². The summed E-state index contributed by atoms with van der Waals surface area (Å²) in [7, 11) is -2.27. The first-order chi connectivity index (χ1) is 12.9. The van der Waals surface area contributed by atoms with Crippen molar-refractivity contribution in [2.75, 3.05) is 31.1 Å². The fourth-order valence-electron chi connectivity index (χ4n) is 3.16. The van der Waals surface area contributed by atoms with Gasteiger partial charge < -0.3 is 10.1 Å². The number of rotatable bonds is 6. The van der Waals surface area contributed by atoms with Crippen molar-refractivity contribution in [2.24, 2.45) is 0 Å². The maximum absolute atomic E-state index is 13.2. The lowest BCUT2D eigenvalue weighted by atomic mass is 9.95. The molecule has 6 nitrogen and oxygen atoms in total. The molecule has 3 rings (SSSR count). The largest absolute Gasteiger partial charge is 0.383 e. The number of fused-ring (bicyclic) bond motifs is 3. The Morgan fingerprint density at radius 1 is 1.15 bits per heavy atom. The summed E-state index contributed by atoms with van der Waals surface area (Å²) >= 11 is 0. The molecule has 0 aromatic heterocycles. The van der Waals surface area contributed by atoms with Crippen LogP contribution in [0.25, 0.3) is 11.1 Å². The van der Waals surface area contributed by atoms with E-state index in [0.29, 0.717) is 30.3 Å². The highest BCUT2D eigenvalue weighted by molar-refractivity contribution is 7.93. The molecule has 1 heterocycles. The van der Waals surface area contributed by atoms with Gasteiger partial charge in [0.25, 0.3) is 10.0 Å². The van der Waals surface area contributed by atoms with Crippen LogP contribution < -0.4 is 9.62 Å². The number of carbonyl (C=O) groups is 1. The third-order valence-corrected chi connectivity index (χ3v) is 6.43. The number of sulfonamides is 1. The normalized spacial score (nSPS) is 14.6. The van der Waals surface area contributed by atoms with Crippen LogP contribution in [0, 0.1) is 0 Å². The van der Waals surface area contributed by atoms with Crippen LogP contribution in [0.15, 0.2) is 47.4 Å². The fraction of sp³-hybridized carbons (Fsp3) is 0.350. The number of carbonyl (C=O) groups excluding carboxylic acids is 1. The zero-order valence-electron chi connectivity index (χ0n) is 15.7. The van der Waals surface area contributed by atoms with Crippen LogP contribution in [0.2, 0.25) is 0 Å². The second kappa shape index (κ2) is 7.70. The molecule has 0 atom stereocenters. The molecule has 1 amide bonds. The van der Waals surface area contributed by atoms with Crippen molar-refractivity contribution in [1.29, 1.82) is 0 Å². The fourth-order valence-corrected chi connectivity index (χ4v) is 4.81. The molecule has 0 fully saturated rings. The Balaban J connectivity index is 2.06. The van der Waals surface area contributed by atoms with E-state index < -0.39 is 10.0 Å². The lowest BCUT2D eigenvalue weighted by molar-refractivity contribution is -0.119. The van der Waals surface area contributed by atoms with E-state index in [1.165, 1.54) is 4.31 Å². The standard InChI is InChI=1S/C20H24N2O4S/c1-14(2)15-8-9-18-17(12-15)16-6-4-5-7-19(16)27(24,25)22(18)13-20(23)21-10-11-26-3/h4-9,12,14H,10-11,13H2,1-3H3,(H,21,23). The summed E-state index contributed by atoms with van der Waals surface area (Å²) < 4.78 is 32.5. The first-order valence-corrected chi connectivity index (χ1v) is 10.3. The molecule has 0 unspecified atom stereocenters. The topological polar surface area (TPSA) is 75.7 Å². The van der Waals surface area contributed by atoms with Gasteiger partial charge in [0.05, 0.1) is 17.2 Å². The minimum atomic E-state index is -3.81. The Hall–Kier alpha value is -2.38. The number of amides is 1. The number of anilines is 1. The summed E-state index contributed by atoms with van der Waals surface area (Å²) in [5, 5.41) is 2.68. The van der Waals surface area contributed by atoms with Gasteiger partial charge in [0.15, 0.2) is 0 Å². The maximum Gasteiger partial charge on any atom is 0.265 e. The molecule has 0 saturated carbocycles. The van der Waals surface area contributed by atoms with Crippen LogP contribution in [0.5, 0.6) is 0 Å². The molecule has 0 spiro atoms. The Kier molecular flexibility index (Phi) is 5.53. The van der Waals surface area contributed by atoms with Gasteiger partial charge in [-0.1, -0.05) is 38.1 Å². The minimum absolute atomic E-state index is 0.225. The van der Waals surface area contributed by atoms with Crippen LogP contribution in [0.1, 0.15) is 25.3 Å². The molecule has 2 aromatic rings. The lowest BCUT2D eigenvalue weighted by Crippen LogP contribution is -2.43. The first-order valence-electron chi connectivity index (χ1n) is 8.88. The molecular weight excluding hydrogens is 364 g/mol. The van der Waals surface area contributed by atoms with Gasteiger partial charge in [-0.3, -0.25) is 9.10 Å². The predicted octanol–water partition coefficient (Wildman–Crippen LogP) is 2.75. The number of hydrogen-bond acceptors (Lipinski definition) is 4. The van der Waals surface area contributed by atoms with Crippen LogP contribution >= 0.6 is 0 Å². The molecule has 144 valence electrons. The van der Waals surface area contributed by atoms with Gasteiger partial charge in [0.2, 0.25) is 5.91 Å². The number of hydrogen-bond donors (Lipinski definition) is 1. The molecule has 0 radical (unpaired) electrons. The van der Waals surface area contributed by atoms with Crippen molar-refractivity contribution in [3.05, 3.63) is 48.0 Å². The quantitative estimate of drug-likeness (QED) is 0.772. The van der Waals surface area contributed by atoms with E-state index in [9.17, 15) is 13.2 Å². The van der Waals surface area contributed by atoms with Gasteiger partial charge in [-0.25, -0.2) is 8.42 Å². The molecule has 1 N–H and O–H groups in total. The monoisotopic (exact) mass is 388 g/mol. The summed E-state index contributed by atoms with van der Waals surface area (Å²) in [6.45, 7) is 4.62. The summed E-state index contributed by atoms with van der Waals surface area (Å²) in [4.78, 5) is 12.5. The van der Waals surface area contributed by atoms with E-state index in [-0.39, 0.29) is 17.3 Å². The van der Waals surface area contributed by atoms with Gasteiger partial charge in [-0.05, 0) is 29.7 Å². The van der Waals surface area contributed by atoms with Crippen molar-refractivity contribution >= 4 is 21.6 Å². The summed E-state index contributed by atoms with van der Waals surface area (Å²) in [6.07, 6.45) is 0. The molecule has 0 saturated heterocycles. The molecular formula is C20H24N2O4S. The average Bonchev–Trinajstić information content (AvgIpc) is 2.65. The highest BCUT2D eigenvalue weighted by Gasteiger charge is 2.35. The summed E-state index contributed by atoms with van der Waals surface area (Å²) in [5.74, 6) is -0.0549. The van der Waals surface area contributed by atoms with Gasteiger partial charge in [0.1, 0.15) is 6.54 Å². The van der Waals surface area contributed by atoms with Gasteiger partial charge in [0, 0.05) is 24.8 Å². The van der Waals surface area contributed by atoms with Crippen molar-refractivity contribution < 1.29 is 17.9 Å². The zero-order valence-corrected chi connectivity index (χ0v) is 16.5. The second-order valence-electron chi connectivity index (χ2n) is 6.78. The molecule has 1 aliphatic rings. The molecule has 0 aliphatic carbocycles. The lowest BCUT2D eigenvalue weighted by Gasteiger charge is -2.32. The van der Waals surface area contributed by atoms with Crippen LogP contribution in [-0.2, 0) is 19.6 Å². The van der Waals surface area contributed by atoms with Gasteiger partial charge >= 0.3 is 0 Å². The van der Waals surface area contributed by atoms with Crippen LogP contribution in [-0.4, -0.2) is 41.1 Å². The zero-order chi connectivity index (χ0) is 19.6. The van der Waals surface area contributed by atoms with E-state index in [1.807, 2.05) is 24.3 Å². The maximum atomic E-state index is 13.2. The summed E-state index contributed by atoms with van der Waals surface area (Å²) in [6, 6.07) is 12.7. The van der Waals surface area contributed by atoms with Crippen molar-refractivity contribution in [1.82, 2.24) is 5.32 Å². The SMILES string of the molecule is COCCNC(=O)CN1c2ccc(C(C)C)cc2-c2ccccc2S1(=O)=O. The average molecular weight is 388 g/mol. The van der Waals surface area contributed by atoms with E-state index in [0.717, 1.165) is 11.1 Å². The first kappa shape index (κ1) is 19.4. The predicted molar refractivity (Wildman–Crippen MR) is 105 cm³/mol. The Bertz CT molecular complexity index is 954. The highest BCUT2D eigenvalue weighted by Crippen LogP contribution is 2.43. The van der Waals surface area contributed by atoms with E-state index >= 15 is 0 Å². The molecule has 27 heavy (non-hydrogen) atoms. The second-order valence-corrected chi connectivity index (χ2v) is 8.61.